The number of carbonyl (C=O) groups excluding carboxylic acids is 2. The number of hydrogen-bond donors (Lipinski definition) is 2. The van der Waals surface area contributed by atoms with E-state index in [0.717, 1.165) is 0 Å². The van der Waals surface area contributed by atoms with Crippen LogP contribution in [0, 0.1) is 0 Å². The minimum absolute atomic E-state index is 0.172. The Labute approximate surface area is 132 Å². The summed E-state index contributed by atoms with van der Waals surface area (Å²) in [5.74, 6) is 0.249. The number of amides is 2. The second-order valence-corrected chi connectivity index (χ2v) is 5.53. The average Bonchev–Trinajstić information content (AvgIpc) is 2.54. The number of ether oxygens (including phenoxy) is 1. The summed E-state index contributed by atoms with van der Waals surface area (Å²) in [7, 11) is 3.12. The van der Waals surface area contributed by atoms with Crippen molar-refractivity contribution in [2.24, 2.45) is 0 Å². The van der Waals surface area contributed by atoms with Crippen LogP contribution in [0.15, 0.2) is 22.7 Å². The van der Waals surface area contributed by atoms with Gasteiger partial charge in [0.1, 0.15) is 11.8 Å². The van der Waals surface area contributed by atoms with Crippen molar-refractivity contribution in [3.63, 3.8) is 0 Å². The van der Waals surface area contributed by atoms with Gasteiger partial charge in [-0.2, -0.15) is 0 Å². The predicted octanol–water partition coefficient (Wildman–Crippen LogP) is 0.618. The third-order valence-electron chi connectivity index (χ3n) is 3.46. The van der Waals surface area contributed by atoms with Gasteiger partial charge < -0.3 is 20.3 Å². The van der Waals surface area contributed by atoms with Crippen molar-refractivity contribution < 1.29 is 14.3 Å². The van der Waals surface area contributed by atoms with Crippen molar-refractivity contribution >= 4 is 27.7 Å². The first-order valence-electron chi connectivity index (χ1n) is 6.65. The van der Waals surface area contributed by atoms with E-state index >= 15 is 0 Å². The topological polar surface area (TPSA) is 70.7 Å². The Morgan fingerprint density at radius 1 is 1.48 bits per heavy atom. The van der Waals surface area contributed by atoms with Gasteiger partial charge in [0, 0.05) is 31.2 Å². The van der Waals surface area contributed by atoms with Crippen molar-refractivity contribution in [3.8, 4) is 5.75 Å². The zero-order chi connectivity index (χ0) is 15.4. The second kappa shape index (κ2) is 6.91. The first kappa shape index (κ1) is 15.8. The Morgan fingerprint density at radius 3 is 2.90 bits per heavy atom. The number of nitrogens with one attached hydrogen (secondary N) is 2. The van der Waals surface area contributed by atoms with E-state index in [9.17, 15) is 9.59 Å². The number of likely N-dealkylation sites (N-methyl/N-ethyl adjacent to an activating group) is 1. The molecule has 7 heteroatoms. The molecule has 0 saturated carbocycles. The quantitative estimate of drug-likeness (QED) is 0.833. The van der Waals surface area contributed by atoms with Gasteiger partial charge >= 0.3 is 0 Å². The SMILES string of the molecule is CNC(=O)C1CNCCN1C(=O)c1cc(OC)ccc1Br. The first-order valence-corrected chi connectivity index (χ1v) is 7.44. The third-order valence-corrected chi connectivity index (χ3v) is 4.15. The Hall–Kier alpha value is -1.60. The molecule has 2 N–H and O–H groups in total. The summed E-state index contributed by atoms with van der Waals surface area (Å²) in [4.78, 5) is 26.3. The molecule has 1 aliphatic heterocycles. The van der Waals surface area contributed by atoms with E-state index in [-0.39, 0.29) is 11.8 Å². The molecule has 0 aromatic heterocycles. The molecule has 21 heavy (non-hydrogen) atoms. The van der Waals surface area contributed by atoms with Crippen LogP contribution in [0.4, 0.5) is 0 Å². The summed E-state index contributed by atoms with van der Waals surface area (Å²) in [5, 5.41) is 5.73. The third kappa shape index (κ3) is 3.36. The van der Waals surface area contributed by atoms with E-state index < -0.39 is 6.04 Å². The number of methoxy groups -OCH3 is 1. The van der Waals surface area contributed by atoms with Gasteiger partial charge in [-0.25, -0.2) is 0 Å². The van der Waals surface area contributed by atoms with Crippen molar-refractivity contribution in [2.75, 3.05) is 33.8 Å². The van der Waals surface area contributed by atoms with Crippen LogP contribution in [0.3, 0.4) is 0 Å². The molecule has 1 aromatic rings. The van der Waals surface area contributed by atoms with Crippen LogP contribution in [0.5, 0.6) is 5.75 Å². The van der Waals surface area contributed by atoms with E-state index in [1.54, 1.807) is 37.3 Å². The summed E-state index contributed by atoms with van der Waals surface area (Å²) < 4.78 is 5.84. The maximum Gasteiger partial charge on any atom is 0.255 e. The van der Waals surface area contributed by atoms with Crippen molar-refractivity contribution in [1.82, 2.24) is 15.5 Å². The predicted molar refractivity (Wildman–Crippen MR) is 82.5 cm³/mol. The number of hydrogen-bond acceptors (Lipinski definition) is 4. The van der Waals surface area contributed by atoms with Gasteiger partial charge in [-0.15, -0.1) is 0 Å². The lowest BCUT2D eigenvalue weighted by atomic mass is 10.1. The van der Waals surface area contributed by atoms with E-state index in [0.29, 0.717) is 35.4 Å². The van der Waals surface area contributed by atoms with Gasteiger partial charge in [-0.1, -0.05) is 0 Å². The molecule has 1 aliphatic rings. The van der Waals surface area contributed by atoms with Crippen LogP contribution in [0.2, 0.25) is 0 Å². The molecule has 1 unspecified atom stereocenters. The van der Waals surface area contributed by atoms with Crippen LogP contribution < -0.4 is 15.4 Å². The Balaban J connectivity index is 2.30. The average molecular weight is 356 g/mol. The monoisotopic (exact) mass is 355 g/mol. The summed E-state index contributed by atoms with van der Waals surface area (Å²) in [6.45, 7) is 1.61. The lowest BCUT2D eigenvalue weighted by molar-refractivity contribution is -0.125. The fourth-order valence-corrected chi connectivity index (χ4v) is 2.71. The number of piperazine rings is 1. The lowest BCUT2D eigenvalue weighted by Crippen LogP contribution is -2.59. The van der Waals surface area contributed by atoms with Gasteiger partial charge in [0.05, 0.1) is 12.7 Å². The number of benzene rings is 1. The van der Waals surface area contributed by atoms with E-state index in [1.807, 2.05) is 0 Å². The van der Waals surface area contributed by atoms with E-state index in [2.05, 4.69) is 26.6 Å². The van der Waals surface area contributed by atoms with Crippen molar-refractivity contribution in [2.45, 2.75) is 6.04 Å². The molecular formula is C14H18BrN3O3. The molecule has 2 rings (SSSR count). The summed E-state index contributed by atoms with van der Waals surface area (Å²) in [6, 6.07) is 4.71. The summed E-state index contributed by atoms with van der Waals surface area (Å²) >= 11 is 3.38. The van der Waals surface area contributed by atoms with Crippen molar-refractivity contribution in [1.29, 1.82) is 0 Å². The van der Waals surface area contributed by atoms with Crippen LogP contribution in [0.25, 0.3) is 0 Å². The number of carbonyl (C=O) groups is 2. The standard InChI is InChI=1S/C14H18BrN3O3/c1-16-13(19)12-8-17-5-6-18(12)14(20)10-7-9(21-2)3-4-11(10)15/h3-4,7,12,17H,5-6,8H2,1-2H3,(H,16,19). The first-order chi connectivity index (χ1) is 10.1. The summed E-state index contributed by atoms with van der Waals surface area (Å²) in [5.41, 5.74) is 0.491. The second-order valence-electron chi connectivity index (χ2n) is 4.68. The highest BCUT2D eigenvalue weighted by Gasteiger charge is 2.32. The van der Waals surface area contributed by atoms with Gasteiger partial charge in [0.15, 0.2) is 0 Å². The van der Waals surface area contributed by atoms with Crippen LogP contribution in [-0.4, -0.2) is 56.5 Å². The van der Waals surface area contributed by atoms with Gasteiger partial charge in [0.25, 0.3) is 5.91 Å². The molecule has 6 nitrogen and oxygen atoms in total. The van der Waals surface area contributed by atoms with Crippen LogP contribution in [0.1, 0.15) is 10.4 Å². The number of halogens is 1. The number of rotatable bonds is 3. The minimum atomic E-state index is -0.505. The molecule has 0 radical (unpaired) electrons. The maximum absolute atomic E-state index is 12.8. The molecule has 1 aromatic carbocycles. The highest BCUT2D eigenvalue weighted by Crippen LogP contribution is 2.24. The molecule has 1 saturated heterocycles. The Morgan fingerprint density at radius 2 is 2.24 bits per heavy atom. The molecule has 1 heterocycles. The highest BCUT2D eigenvalue weighted by molar-refractivity contribution is 9.10. The largest absolute Gasteiger partial charge is 0.497 e. The van der Waals surface area contributed by atoms with E-state index in [1.165, 1.54) is 0 Å². The maximum atomic E-state index is 12.8. The Bertz CT molecular complexity index is 550. The number of nitrogens with zero attached hydrogens (tertiary/aromatic N) is 1. The van der Waals surface area contributed by atoms with Crippen molar-refractivity contribution in [3.05, 3.63) is 28.2 Å². The van der Waals surface area contributed by atoms with Crippen LogP contribution in [-0.2, 0) is 4.79 Å². The molecular weight excluding hydrogens is 338 g/mol. The minimum Gasteiger partial charge on any atom is -0.497 e. The Kier molecular flexibility index (Phi) is 5.19. The normalized spacial score (nSPS) is 18.2. The fraction of sp³-hybridized carbons (Fsp3) is 0.429. The molecule has 1 atom stereocenters. The summed E-state index contributed by atoms with van der Waals surface area (Å²) in [6.07, 6.45) is 0. The highest BCUT2D eigenvalue weighted by atomic mass is 79.9. The lowest BCUT2D eigenvalue weighted by Gasteiger charge is -2.35. The van der Waals surface area contributed by atoms with E-state index in [4.69, 9.17) is 4.74 Å². The molecule has 0 aliphatic carbocycles. The molecule has 1 fully saturated rings. The zero-order valence-electron chi connectivity index (χ0n) is 12.0. The zero-order valence-corrected chi connectivity index (χ0v) is 13.6. The molecule has 0 bridgehead atoms. The molecule has 2 amide bonds. The van der Waals surface area contributed by atoms with Crippen LogP contribution >= 0.6 is 15.9 Å². The fourth-order valence-electron chi connectivity index (χ4n) is 2.30. The van der Waals surface area contributed by atoms with Gasteiger partial charge in [-0.05, 0) is 34.1 Å². The van der Waals surface area contributed by atoms with Gasteiger partial charge in [-0.3, -0.25) is 9.59 Å². The molecule has 114 valence electrons. The smallest absolute Gasteiger partial charge is 0.255 e. The van der Waals surface area contributed by atoms with Gasteiger partial charge in [0.2, 0.25) is 5.91 Å². The molecule has 0 spiro atoms.